The molecule has 100 valence electrons. The van der Waals surface area contributed by atoms with Crippen LogP contribution < -0.4 is 4.90 Å². The maximum atomic E-state index is 6.31. The zero-order chi connectivity index (χ0) is 13.8. The van der Waals surface area contributed by atoms with Crippen LogP contribution in [0, 0.1) is 6.92 Å². The third kappa shape index (κ3) is 3.20. The van der Waals surface area contributed by atoms with Crippen LogP contribution in [0.25, 0.3) is 0 Å². The van der Waals surface area contributed by atoms with Gasteiger partial charge in [0.15, 0.2) is 5.82 Å². The first-order chi connectivity index (χ1) is 9.15. The normalized spacial score (nSPS) is 10.5. The van der Waals surface area contributed by atoms with Gasteiger partial charge in [-0.05, 0) is 43.2 Å². The van der Waals surface area contributed by atoms with Crippen molar-refractivity contribution in [3.63, 3.8) is 0 Å². The van der Waals surface area contributed by atoms with Crippen LogP contribution in [0.15, 0.2) is 36.5 Å². The highest BCUT2D eigenvalue weighted by Gasteiger charge is 2.13. The lowest BCUT2D eigenvalue weighted by molar-refractivity contribution is 0.985. The first kappa shape index (κ1) is 14.2. The van der Waals surface area contributed by atoms with E-state index in [4.69, 9.17) is 23.2 Å². The summed E-state index contributed by atoms with van der Waals surface area (Å²) >= 11 is 12.1. The zero-order valence-electron chi connectivity index (χ0n) is 11.0. The van der Waals surface area contributed by atoms with Crippen LogP contribution in [-0.4, -0.2) is 11.5 Å². The monoisotopic (exact) mass is 294 g/mol. The molecule has 1 heterocycles. The second kappa shape index (κ2) is 6.27. The van der Waals surface area contributed by atoms with Gasteiger partial charge in [0.1, 0.15) is 0 Å². The van der Waals surface area contributed by atoms with Crippen LogP contribution in [0.2, 0.25) is 5.02 Å². The average Bonchev–Trinajstić information content (AvgIpc) is 2.41. The minimum atomic E-state index is 0.420. The Balaban J connectivity index is 2.42. The Hall–Kier alpha value is -1.25. The number of nitrogens with zero attached hydrogens (tertiary/aromatic N) is 2. The number of alkyl halides is 1. The maximum absolute atomic E-state index is 6.31. The van der Waals surface area contributed by atoms with Crippen LogP contribution in [0.1, 0.15) is 18.1 Å². The second-order valence-corrected chi connectivity index (χ2v) is 5.04. The molecule has 0 saturated carbocycles. The quantitative estimate of drug-likeness (QED) is 0.743. The molecule has 2 nitrogen and oxygen atoms in total. The third-order valence-corrected chi connectivity index (χ3v) is 3.50. The summed E-state index contributed by atoms with van der Waals surface area (Å²) in [5.41, 5.74) is 3.23. The molecule has 0 amide bonds. The van der Waals surface area contributed by atoms with Crippen molar-refractivity contribution in [3.05, 3.63) is 52.7 Å². The molecule has 0 N–H and O–H groups in total. The summed E-state index contributed by atoms with van der Waals surface area (Å²) < 4.78 is 0. The molecular formula is C15H16Cl2N2. The Morgan fingerprint density at radius 1 is 1.26 bits per heavy atom. The van der Waals surface area contributed by atoms with E-state index in [9.17, 15) is 0 Å². The molecule has 1 aromatic carbocycles. The number of aromatic nitrogens is 1. The number of halogens is 2. The highest BCUT2D eigenvalue weighted by Crippen LogP contribution is 2.30. The molecule has 4 heteroatoms. The Labute approximate surface area is 124 Å². The Bertz CT molecular complexity index is 570. The van der Waals surface area contributed by atoms with Gasteiger partial charge in [0.2, 0.25) is 0 Å². The van der Waals surface area contributed by atoms with Gasteiger partial charge in [-0.15, -0.1) is 11.6 Å². The van der Waals surface area contributed by atoms with Gasteiger partial charge in [-0.3, -0.25) is 0 Å². The van der Waals surface area contributed by atoms with Gasteiger partial charge in [0.25, 0.3) is 0 Å². The number of hydrogen-bond donors (Lipinski definition) is 0. The molecule has 0 aliphatic rings. The van der Waals surface area contributed by atoms with Crippen molar-refractivity contribution in [3.8, 4) is 0 Å². The highest BCUT2D eigenvalue weighted by atomic mass is 35.5. The van der Waals surface area contributed by atoms with E-state index >= 15 is 0 Å². The summed E-state index contributed by atoms with van der Waals surface area (Å²) in [6, 6.07) is 10.2. The lowest BCUT2D eigenvalue weighted by Crippen LogP contribution is -2.18. The minimum absolute atomic E-state index is 0.420. The van der Waals surface area contributed by atoms with E-state index in [1.807, 2.05) is 12.1 Å². The van der Waals surface area contributed by atoms with E-state index in [2.05, 4.69) is 41.9 Å². The fourth-order valence-corrected chi connectivity index (χ4v) is 2.43. The molecule has 0 aliphatic carbocycles. The van der Waals surface area contributed by atoms with Gasteiger partial charge in [-0.25, -0.2) is 4.98 Å². The van der Waals surface area contributed by atoms with Crippen molar-refractivity contribution in [1.82, 2.24) is 4.98 Å². The number of pyridine rings is 1. The van der Waals surface area contributed by atoms with E-state index in [1.165, 1.54) is 5.56 Å². The smallest absolute Gasteiger partial charge is 0.151 e. The molecular weight excluding hydrogens is 279 g/mol. The highest BCUT2D eigenvalue weighted by molar-refractivity contribution is 6.33. The van der Waals surface area contributed by atoms with E-state index in [0.717, 1.165) is 23.6 Å². The number of benzene rings is 1. The standard InChI is InChI=1S/C15H16Cl2N2/c1-3-19(13-6-4-5-11(2)7-13)15-14(17)8-12(9-16)10-18-15/h4-8,10H,3,9H2,1-2H3. The molecule has 1 aromatic heterocycles. The topological polar surface area (TPSA) is 16.1 Å². The molecule has 0 unspecified atom stereocenters. The summed E-state index contributed by atoms with van der Waals surface area (Å²) in [5.74, 6) is 1.19. The Kier molecular flexibility index (Phi) is 4.67. The second-order valence-electron chi connectivity index (χ2n) is 4.37. The van der Waals surface area contributed by atoms with E-state index in [1.54, 1.807) is 6.20 Å². The first-order valence-electron chi connectivity index (χ1n) is 6.20. The van der Waals surface area contributed by atoms with Gasteiger partial charge in [0.05, 0.1) is 5.02 Å². The van der Waals surface area contributed by atoms with Crippen LogP contribution in [0.5, 0.6) is 0 Å². The molecule has 19 heavy (non-hydrogen) atoms. The van der Waals surface area contributed by atoms with Gasteiger partial charge < -0.3 is 4.90 Å². The van der Waals surface area contributed by atoms with Gasteiger partial charge in [-0.1, -0.05) is 23.7 Å². The molecule has 0 fully saturated rings. The van der Waals surface area contributed by atoms with Gasteiger partial charge in [0, 0.05) is 24.3 Å². The van der Waals surface area contributed by atoms with Gasteiger partial charge >= 0.3 is 0 Å². The predicted molar refractivity (Wildman–Crippen MR) is 82.7 cm³/mol. The predicted octanol–water partition coefficient (Wildman–Crippen LogP) is 4.94. The van der Waals surface area contributed by atoms with E-state index in [-0.39, 0.29) is 0 Å². The van der Waals surface area contributed by atoms with Crippen LogP contribution in [0.4, 0.5) is 11.5 Å². The molecule has 2 rings (SSSR count). The fourth-order valence-electron chi connectivity index (χ4n) is 1.99. The molecule has 0 saturated heterocycles. The lowest BCUT2D eigenvalue weighted by atomic mass is 10.2. The zero-order valence-corrected chi connectivity index (χ0v) is 12.5. The summed E-state index contributed by atoms with van der Waals surface area (Å²) in [4.78, 5) is 6.53. The number of aryl methyl sites for hydroxylation is 1. The minimum Gasteiger partial charge on any atom is -0.325 e. The van der Waals surface area contributed by atoms with Crippen molar-refractivity contribution < 1.29 is 0 Å². The molecule has 0 radical (unpaired) electrons. The number of hydrogen-bond acceptors (Lipinski definition) is 2. The van der Waals surface area contributed by atoms with Crippen molar-refractivity contribution >= 4 is 34.7 Å². The van der Waals surface area contributed by atoms with Crippen LogP contribution in [-0.2, 0) is 5.88 Å². The van der Waals surface area contributed by atoms with Crippen molar-refractivity contribution in [2.75, 3.05) is 11.4 Å². The van der Waals surface area contributed by atoms with Gasteiger partial charge in [-0.2, -0.15) is 0 Å². The first-order valence-corrected chi connectivity index (χ1v) is 7.11. The van der Waals surface area contributed by atoms with Crippen molar-refractivity contribution in [1.29, 1.82) is 0 Å². The number of rotatable bonds is 4. The Morgan fingerprint density at radius 2 is 2.05 bits per heavy atom. The lowest BCUT2D eigenvalue weighted by Gasteiger charge is -2.23. The SMILES string of the molecule is CCN(c1cccc(C)c1)c1ncc(CCl)cc1Cl. The average molecular weight is 295 g/mol. The largest absolute Gasteiger partial charge is 0.325 e. The van der Waals surface area contributed by atoms with E-state index in [0.29, 0.717) is 10.9 Å². The van der Waals surface area contributed by atoms with E-state index < -0.39 is 0 Å². The molecule has 0 bridgehead atoms. The molecule has 0 aliphatic heterocycles. The van der Waals surface area contributed by atoms with Crippen LogP contribution in [0.3, 0.4) is 0 Å². The maximum Gasteiger partial charge on any atom is 0.151 e. The third-order valence-electron chi connectivity index (χ3n) is 2.92. The van der Waals surface area contributed by atoms with Crippen LogP contribution >= 0.6 is 23.2 Å². The summed E-state index contributed by atoms with van der Waals surface area (Å²) in [6.07, 6.45) is 1.77. The number of anilines is 2. The Morgan fingerprint density at radius 3 is 2.63 bits per heavy atom. The van der Waals surface area contributed by atoms with Crippen molar-refractivity contribution in [2.24, 2.45) is 0 Å². The molecule has 0 atom stereocenters. The summed E-state index contributed by atoms with van der Waals surface area (Å²) in [6.45, 7) is 4.95. The molecule has 2 aromatic rings. The van der Waals surface area contributed by atoms with Crippen molar-refractivity contribution in [2.45, 2.75) is 19.7 Å². The fraction of sp³-hybridized carbons (Fsp3) is 0.267. The molecule has 0 spiro atoms. The summed E-state index contributed by atoms with van der Waals surface area (Å²) in [7, 11) is 0. The summed E-state index contributed by atoms with van der Waals surface area (Å²) in [5, 5.41) is 0.626.